The highest BCUT2D eigenvalue weighted by Crippen LogP contribution is 2.31. The number of pyridine rings is 1. The second kappa shape index (κ2) is 4.80. The largest absolute Gasteiger partial charge is 0.489 e. The standard InChI is InChI=1S/C12H18N2O2/c1-2-12(4-6-16-12)9-15-11-8-14-5-3-10(11)7-13/h3,5,8H,2,4,6-7,9,13H2,1H3. The first-order valence-corrected chi connectivity index (χ1v) is 5.69. The molecule has 0 saturated carbocycles. The molecule has 0 spiro atoms. The van der Waals surface area contributed by atoms with Gasteiger partial charge in [-0.3, -0.25) is 4.98 Å². The van der Waals surface area contributed by atoms with Crippen molar-refractivity contribution in [1.82, 2.24) is 4.98 Å². The lowest BCUT2D eigenvalue weighted by molar-refractivity contribution is -0.166. The van der Waals surface area contributed by atoms with Crippen molar-refractivity contribution >= 4 is 0 Å². The van der Waals surface area contributed by atoms with Crippen LogP contribution in [-0.2, 0) is 11.3 Å². The van der Waals surface area contributed by atoms with Crippen LogP contribution in [-0.4, -0.2) is 23.8 Å². The summed E-state index contributed by atoms with van der Waals surface area (Å²) in [6.07, 6.45) is 5.49. The molecule has 1 fully saturated rings. The fourth-order valence-corrected chi connectivity index (χ4v) is 1.80. The minimum absolute atomic E-state index is 0.0816. The Hall–Kier alpha value is -1.13. The molecule has 1 aromatic heterocycles. The zero-order valence-corrected chi connectivity index (χ0v) is 9.61. The van der Waals surface area contributed by atoms with E-state index in [0.29, 0.717) is 13.2 Å². The van der Waals surface area contributed by atoms with Gasteiger partial charge in [0.1, 0.15) is 18.0 Å². The van der Waals surface area contributed by atoms with Crippen LogP contribution < -0.4 is 10.5 Å². The van der Waals surface area contributed by atoms with Crippen molar-refractivity contribution in [2.75, 3.05) is 13.2 Å². The van der Waals surface area contributed by atoms with Gasteiger partial charge >= 0.3 is 0 Å². The molecule has 1 saturated heterocycles. The SMILES string of the molecule is CCC1(COc2cnccc2CN)CCO1. The third-order valence-corrected chi connectivity index (χ3v) is 3.19. The van der Waals surface area contributed by atoms with Gasteiger partial charge in [0.25, 0.3) is 0 Å². The van der Waals surface area contributed by atoms with Crippen molar-refractivity contribution in [2.24, 2.45) is 5.73 Å². The van der Waals surface area contributed by atoms with E-state index < -0.39 is 0 Å². The Morgan fingerprint density at radius 2 is 2.44 bits per heavy atom. The van der Waals surface area contributed by atoms with Gasteiger partial charge in [0.05, 0.1) is 12.8 Å². The van der Waals surface area contributed by atoms with Gasteiger partial charge < -0.3 is 15.2 Å². The van der Waals surface area contributed by atoms with E-state index >= 15 is 0 Å². The topological polar surface area (TPSA) is 57.4 Å². The highest BCUT2D eigenvalue weighted by molar-refractivity contribution is 5.29. The molecular weight excluding hydrogens is 204 g/mol. The summed E-state index contributed by atoms with van der Waals surface area (Å²) in [7, 11) is 0. The second-order valence-electron chi connectivity index (χ2n) is 4.11. The Labute approximate surface area is 95.8 Å². The van der Waals surface area contributed by atoms with Crippen molar-refractivity contribution in [2.45, 2.75) is 31.9 Å². The molecule has 4 heteroatoms. The number of nitrogens with two attached hydrogens (primary N) is 1. The van der Waals surface area contributed by atoms with Gasteiger partial charge in [-0.25, -0.2) is 0 Å². The van der Waals surface area contributed by atoms with Crippen molar-refractivity contribution in [1.29, 1.82) is 0 Å². The summed E-state index contributed by atoms with van der Waals surface area (Å²) in [5.74, 6) is 0.772. The number of rotatable bonds is 5. The fourth-order valence-electron chi connectivity index (χ4n) is 1.80. The summed E-state index contributed by atoms with van der Waals surface area (Å²) < 4.78 is 11.3. The number of hydrogen-bond acceptors (Lipinski definition) is 4. The van der Waals surface area contributed by atoms with Crippen LogP contribution in [0.1, 0.15) is 25.3 Å². The van der Waals surface area contributed by atoms with Crippen LogP contribution in [0.2, 0.25) is 0 Å². The Morgan fingerprint density at radius 3 is 3.00 bits per heavy atom. The minimum atomic E-state index is -0.0816. The quantitative estimate of drug-likeness (QED) is 0.820. The van der Waals surface area contributed by atoms with E-state index in [4.69, 9.17) is 15.2 Å². The maximum atomic E-state index is 5.76. The number of ether oxygens (including phenoxy) is 2. The van der Waals surface area contributed by atoms with Gasteiger partial charge in [-0.2, -0.15) is 0 Å². The second-order valence-corrected chi connectivity index (χ2v) is 4.11. The minimum Gasteiger partial charge on any atom is -0.489 e. The predicted molar refractivity (Wildman–Crippen MR) is 61.2 cm³/mol. The van der Waals surface area contributed by atoms with Crippen molar-refractivity contribution in [3.8, 4) is 5.75 Å². The molecule has 2 N–H and O–H groups in total. The van der Waals surface area contributed by atoms with Crippen molar-refractivity contribution in [3.05, 3.63) is 24.0 Å². The van der Waals surface area contributed by atoms with Crippen LogP contribution >= 0.6 is 0 Å². The summed E-state index contributed by atoms with van der Waals surface area (Å²) in [5, 5.41) is 0. The lowest BCUT2D eigenvalue weighted by atomic mass is 9.93. The van der Waals surface area contributed by atoms with E-state index in [1.54, 1.807) is 12.4 Å². The average Bonchev–Trinajstić information content (AvgIpc) is 2.29. The van der Waals surface area contributed by atoms with E-state index in [0.717, 1.165) is 30.8 Å². The first-order chi connectivity index (χ1) is 7.79. The Balaban J connectivity index is 1.98. The molecule has 0 aliphatic carbocycles. The van der Waals surface area contributed by atoms with Crippen LogP contribution in [0, 0.1) is 0 Å². The van der Waals surface area contributed by atoms with Crippen LogP contribution in [0.25, 0.3) is 0 Å². The van der Waals surface area contributed by atoms with E-state index in [9.17, 15) is 0 Å². The van der Waals surface area contributed by atoms with Crippen molar-refractivity contribution < 1.29 is 9.47 Å². The van der Waals surface area contributed by atoms with Crippen LogP contribution in [0.4, 0.5) is 0 Å². The lowest BCUT2D eigenvalue weighted by Gasteiger charge is -2.40. The molecular formula is C12H18N2O2. The molecule has 1 unspecified atom stereocenters. The summed E-state index contributed by atoms with van der Waals surface area (Å²) in [6, 6.07) is 1.88. The summed E-state index contributed by atoms with van der Waals surface area (Å²) >= 11 is 0. The average molecular weight is 222 g/mol. The monoisotopic (exact) mass is 222 g/mol. The molecule has 16 heavy (non-hydrogen) atoms. The van der Waals surface area contributed by atoms with Crippen molar-refractivity contribution in [3.63, 3.8) is 0 Å². The predicted octanol–water partition coefficient (Wildman–Crippen LogP) is 1.49. The number of nitrogens with zero attached hydrogens (tertiary/aromatic N) is 1. The molecule has 0 bridgehead atoms. The molecule has 1 aromatic rings. The summed E-state index contributed by atoms with van der Waals surface area (Å²) in [4.78, 5) is 4.04. The Morgan fingerprint density at radius 1 is 1.62 bits per heavy atom. The van der Waals surface area contributed by atoms with Gasteiger partial charge in [0.2, 0.25) is 0 Å². The van der Waals surface area contributed by atoms with E-state index in [2.05, 4.69) is 11.9 Å². The molecule has 0 amide bonds. The molecule has 2 rings (SSSR count). The molecule has 0 radical (unpaired) electrons. The molecule has 88 valence electrons. The molecule has 1 atom stereocenters. The maximum Gasteiger partial charge on any atom is 0.142 e. The molecule has 0 aromatic carbocycles. The van der Waals surface area contributed by atoms with Gasteiger partial charge in [-0.15, -0.1) is 0 Å². The summed E-state index contributed by atoms with van der Waals surface area (Å²) in [5.41, 5.74) is 6.53. The number of aromatic nitrogens is 1. The van der Waals surface area contributed by atoms with E-state index in [1.165, 1.54) is 0 Å². The number of hydrogen-bond donors (Lipinski definition) is 1. The zero-order valence-electron chi connectivity index (χ0n) is 9.61. The molecule has 1 aliphatic rings. The fraction of sp³-hybridized carbons (Fsp3) is 0.583. The van der Waals surface area contributed by atoms with Crippen LogP contribution in [0.5, 0.6) is 5.75 Å². The van der Waals surface area contributed by atoms with Gasteiger partial charge in [0.15, 0.2) is 0 Å². The van der Waals surface area contributed by atoms with Crippen LogP contribution in [0.3, 0.4) is 0 Å². The third kappa shape index (κ3) is 2.18. The van der Waals surface area contributed by atoms with Gasteiger partial charge in [-0.1, -0.05) is 6.92 Å². The zero-order chi connectivity index (χ0) is 11.4. The van der Waals surface area contributed by atoms with Gasteiger partial charge in [-0.05, 0) is 12.5 Å². The molecule has 1 aliphatic heterocycles. The van der Waals surface area contributed by atoms with Gasteiger partial charge in [0, 0.05) is 24.7 Å². The molecule has 4 nitrogen and oxygen atoms in total. The van der Waals surface area contributed by atoms with E-state index in [-0.39, 0.29) is 5.60 Å². The molecule has 2 heterocycles. The van der Waals surface area contributed by atoms with E-state index in [1.807, 2.05) is 6.07 Å². The highest BCUT2D eigenvalue weighted by atomic mass is 16.6. The lowest BCUT2D eigenvalue weighted by Crippen LogP contribution is -2.48. The highest BCUT2D eigenvalue weighted by Gasteiger charge is 2.37. The summed E-state index contributed by atoms with van der Waals surface area (Å²) in [6.45, 7) is 4.02. The smallest absolute Gasteiger partial charge is 0.142 e. The first kappa shape index (κ1) is 11.4. The third-order valence-electron chi connectivity index (χ3n) is 3.19. The van der Waals surface area contributed by atoms with Crippen LogP contribution in [0.15, 0.2) is 18.5 Å². The maximum absolute atomic E-state index is 5.76. The Kier molecular flexibility index (Phi) is 3.41. The normalized spacial score (nSPS) is 23.9. The Bertz CT molecular complexity index is 345. The first-order valence-electron chi connectivity index (χ1n) is 5.69.